The highest BCUT2D eigenvalue weighted by Crippen LogP contribution is 2.33. The first kappa shape index (κ1) is 24.1. The normalized spacial score (nSPS) is 11.1. The summed E-state index contributed by atoms with van der Waals surface area (Å²) in [5.74, 6) is -3.10. The highest BCUT2D eigenvalue weighted by Gasteiger charge is 2.15. The maximum absolute atomic E-state index is 13.5. The fraction of sp³-hybridized carbons (Fsp3) is 0.0769. The van der Waals surface area contributed by atoms with Crippen LogP contribution in [0.15, 0.2) is 71.9 Å². The van der Waals surface area contributed by atoms with Crippen molar-refractivity contribution < 1.29 is 18.4 Å². The number of benzene rings is 1. The number of fused-ring (bicyclic) bond motifs is 1. The van der Waals surface area contributed by atoms with Gasteiger partial charge in [-0.1, -0.05) is 6.07 Å². The Kier molecular flexibility index (Phi) is 6.36. The number of thiophene rings is 1. The van der Waals surface area contributed by atoms with Crippen molar-refractivity contribution in [3.63, 3.8) is 0 Å². The van der Waals surface area contributed by atoms with Gasteiger partial charge >= 0.3 is 0 Å². The standard InChI is InChI=1S/C26H19F2N5O3S/c27-20-5-3-14(8-21(20)28)13-33-7-1-2-17(26(33)36)25(35)32-11-16-4-6-22(37-16)19-12-31-24-18(19)9-15(10-30-24)23(29)34/h1-10,12H,11,13H2,(H2,29,34)(H,30,31)(H,32,35). The number of hydrogen-bond donors (Lipinski definition) is 3. The molecule has 11 heteroatoms. The van der Waals surface area contributed by atoms with Crippen molar-refractivity contribution in [3.8, 4) is 10.4 Å². The second-order valence-corrected chi connectivity index (χ2v) is 9.41. The number of halogens is 2. The lowest BCUT2D eigenvalue weighted by atomic mass is 10.1. The molecule has 5 aromatic rings. The number of aromatic amines is 1. The van der Waals surface area contributed by atoms with Gasteiger partial charge in [-0.2, -0.15) is 0 Å². The zero-order valence-electron chi connectivity index (χ0n) is 19.1. The van der Waals surface area contributed by atoms with Gasteiger partial charge in [0.1, 0.15) is 11.2 Å². The van der Waals surface area contributed by atoms with Gasteiger partial charge < -0.3 is 20.6 Å². The van der Waals surface area contributed by atoms with Crippen molar-refractivity contribution in [2.45, 2.75) is 13.1 Å². The summed E-state index contributed by atoms with van der Waals surface area (Å²) in [6.45, 7) is 0.177. The van der Waals surface area contributed by atoms with Crippen LogP contribution in [0, 0.1) is 11.6 Å². The molecule has 0 aliphatic carbocycles. The van der Waals surface area contributed by atoms with Crippen molar-refractivity contribution in [3.05, 3.63) is 111 Å². The Morgan fingerprint density at radius 1 is 1.11 bits per heavy atom. The van der Waals surface area contributed by atoms with E-state index in [-0.39, 0.29) is 18.7 Å². The molecule has 0 unspecified atom stereocenters. The largest absolute Gasteiger partial charge is 0.366 e. The van der Waals surface area contributed by atoms with Crippen molar-refractivity contribution in [1.82, 2.24) is 19.9 Å². The summed E-state index contributed by atoms with van der Waals surface area (Å²) in [7, 11) is 0. The van der Waals surface area contributed by atoms with E-state index in [1.165, 1.54) is 40.4 Å². The van der Waals surface area contributed by atoms with Gasteiger partial charge in [0.25, 0.3) is 11.5 Å². The van der Waals surface area contributed by atoms with Crippen LogP contribution >= 0.6 is 11.3 Å². The lowest BCUT2D eigenvalue weighted by Crippen LogP contribution is -2.32. The predicted octanol–water partition coefficient (Wildman–Crippen LogP) is 3.81. The SMILES string of the molecule is NC(=O)c1cnc2[nH]cc(-c3ccc(CNC(=O)c4cccn(Cc5ccc(F)c(F)c5)c4=O)s3)c2c1. The molecule has 0 aliphatic rings. The number of aromatic nitrogens is 3. The molecule has 0 atom stereocenters. The van der Waals surface area contributed by atoms with Gasteiger partial charge in [-0.25, -0.2) is 13.8 Å². The average molecular weight is 520 g/mol. The molecule has 2 amide bonds. The molecule has 0 aliphatic heterocycles. The Labute approximate surface area is 212 Å². The van der Waals surface area contributed by atoms with Crippen LogP contribution in [-0.4, -0.2) is 26.3 Å². The predicted molar refractivity (Wildman–Crippen MR) is 135 cm³/mol. The molecule has 186 valence electrons. The summed E-state index contributed by atoms with van der Waals surface area (Å²) < 4.78 is 28.0. The number of nitrogens with two attached hydrogens (primary N) is 1. The highest BCUT2D eigenvalue weighted by atomic mass is 32.1. The van der Waals surface area contributed by atoms with E-state index in [2.05, 4.69) is 15.3 Å². The number of hydrogen-bond acceptors (Lipinski definition) is 5. The lowest BCUT2D eigenvalue weighted by Gasteiger charge is -2.09. The van der Waals surface area contributed by atoms with E-state index in [0.29, 0.717) is 16.8 Å². The van der Waals surface area contributed by atoms with E-state index in [0.717, 1.165) is 32.8 Å². The van der Waals surface area contributed by atoms with Gasteiger partial charge in [0.2, 0.25) is 5.91 Å². The Morgan fingerprint density at radius 3 is 2.73 bits per heavy atom. The van der Waals surface area contributed by atoms with Crippen molar-refractivity contribution in [1.29, 1.82) is 0 Å². The van der Waals surface area contributed by atoms with Gasteiger partial charge in [0.05, 0.1) is 18.7 Å². The zero-order chi connectivity index (χ0) is 26.1. The zero-order valence-corrected chi connectivity index (χ0v) is 19.9. The molecule has 4 N–H and O–H groups in total. The number of H-pyrrole nitrogens is 1. The first-order valence-corrected chi connectivity index (χ1v) is 11.9. The molecule has 0 radical (unpaired) electrons. The molecule has 4 heterocycles. The third-order valence-corrected chi connectivity index (χ3v) is 6.89. The van der Waals surface area contributed by atoms with Crippen LogP contribution in [0.3, 0.4) is 0 Å². The van der Waals surface area contributed by atoms with Gasteiger partial charge in [-0.15, -0.1) is 11.3 Å². The lowest BCUT2D eigenvalue weighted by molar-refractivity contribution is 0.0948. The maximum atomic E-state index is 13.5. The van der Waals surface area contributed by atoms with Crippen molar-refractivity contribution in [2.24, 2.45) is 5.73 Å². The number of nitrogens with zero attached hydrogens (tertiary/aromatic N) is 2. The minimum Gasteiger partial charge on any atom is -0.366 e. The van der Waals surface area contributed by atoms with Gasteiger partial charge in [0, 0.05) is 39.3 Å². The molecule has 0 fully saturated rings. The quantitative estimate of drug-likeness (QED) is 0.303. The molecular weight excluding hydrogens is 500 g/mol. The van der Waals surface area contributed by atoms with Crippen LogP contribution in [0.4, 0.5) is 8.78 Å². The summed E-state index contributed by atoms with van der Waals surface area (Å²) >= 11 is 1.44. The van der Waals surface area contributed by atoms with E-state index in [9.17, 15) is 23.2 Å². The van der Waals surface area contributed by atoms with Crippen LogP contribution in [0.2, 0.25) is 0 Å². The minimum absolute atomic E-state index is 0.0115. The molecule has 37 heavy (non-hydrogen) atoms. The number of carbonyl (C=O) groups excluding carboxylic acids is 2. The van der Waals surface area contributed by atoms with Gasteiger partial charge in [-0.05, 0) is 48.0 Å². The third-order valence-electron chi connectivity index (χ3n) is 5.77. The Hall–Kier alpha value is -4.64. The highest BCUT2D eigenvalue weighted by molar-refractivity contribution is 7.15. The molecule has 0 saturated heterocycles. The van der Waals surface area contributed by atoms with Gasteiger partial charge in [-0.3, -0.25) is 14.4 Å². The summed E-state index contributed by atoms with van der Waals surface area (Å²) in [4.78, 5) is 46.2. The Bertz CT molecular complexity index is 1720. The molecule has 8 nitrogen and oxygen atoms in total. The smallest absolute Gasteiger partial charge is 0.263 e. The van der Waals surface area contributed by atoms with E-state index in [1.54, 1.807) is 18.3 Å². The summed E-state index contributed by atoms with van der Waals surface area (Å²) in [6.07, 6.45) is 4.68. The van der Waals surface area contributed by atoms with E-state index >= 15 is 0 Å². The van der Waals surface area contributed by atoms with Crippen molar-refractivity contribution >= 4 is 34.2 Å². The van der Waals surface area contributed by atoms with Crippen LogP contribution < -0.4 is 16.6 Å². The van der Waals surface area contributed by atoms with E-state index < -0.39 is 29.0 Å². The van der Waals surface area contributed by atoms with E-state index in [1.807, 2.05) is 12.1 Å². The number of rotatable bonds is 7. The monoisotopic (exact) mass is 519 g/mol. The van der Waals surface area contributed by atoms with Crippen LogP contribution in [0.25, 0.3) is 21.5 Å². The number of nitrogens with one attached hydrogen (secondary N) is 2. The number of amides is 2. The summed E-state index contributed by atoms with van der Waals surface area (Å²) in [5.41, 5.74) is 6.91. The molecule has 1 aromatic carbocycles. The van der Waals surface area contributed by atoms with Crippen LogP contribution in [-0.2, 0) is 13.1 Å². The minimum atomic E-state index is -1.01. The first-order valence-electron chi connectivity index (χ1n) is 11.1. The maximum Gasteiger partial charge on any atom is 0.263 e. The second-order valence-electron chi connectivity index (χ2n) is 8.24. The molecule has 0 bridgehead atoms. The summed E-state index contributed by atoms with van der Waals surface area (Å²) in [6, 6.07) is 11.8. The number of primary amides is 1. The van der Waals surface area contributed by atoms with E-state index in [4.69, 9.17) is 5.73 Å². The molecule has 0 spiro atoms. The molecule has 0 saturated carbocycles. The average Bonchev–Trinajstić information content (AvgIpc) is 3.52. The third kappa shape index (κ3) is 4.89. The molecule has 4 aromatic heterocycles. The fourth-order valence-electron chi connectivity index (χ4n) is 3.89. The number of carbonyl (C=O) groups is 2. The summed E-state index contributed by atoms with van der Waals surface area (Å²) in [5, 5.41) is 3.50. The Morgan fingerprint density at radius 2 is 1.95 bits per heavy atom. The molecular formula is C26H19F2N5O3S. The Balaban J connectivity index is 1.30. The second kappa shape index (κ2) is 9.78. The number of pyridine rings is 2. The van der Waals surface area contributed by atoms with Gasteiger partial charge in [0.15, 0.2) is 11.6 Å². The molecule has 5 rings (SSSR count). The van der Waals surface area contributed by atoms with Crippen molar-refractivity contribution in [2.75, 3.05) is 0 Å². The topological polar surface area (TPSA) is 123 Å². The van der Waals surface area contributed by atoms with Crippen LogP contribution in [0.1, 0.15) is 31.2 Å². The first-order chi connectivity index (χ1) is 17.8. The fourth-order valence-corrected chi connectivity index (χ4v) is 4.87. The van der Waals surface area contributed by atoms with Crippen LogP contribution in [0.5, 0.6) is 0 Å².